The number of hydrogen-bond acceptors (Lipinski definition) is 4. The van der Waals surface area contributed by atoms with E-state index in [1.807, 2.05) is 36.4 Å². The number of aliphatic imine (C=N–C) groups is 1. The number of benzene rings is 2. The van der Waals surface area contributed by atoms with Crippen molar-refractivity contribution < 1.29 is 9.76 Å². The summed E-state index contributed by atoms with van der Waals surface area (Å²) in [6, 6.07) is 20.0. The molecule has 0 saturated carbocycles. The van der Waals surface area contributed by atoms with Gasteiger partial charge >= 0.3 is 7.48 Å². The molecule has 2 aromatic rings. The summed E-state index contributed by atoms with van der Waals surface area (Å²) < 4.78 is 5.45. The van der Waals surface area contributed by atoms with E-state index in [4.69, 9.17) is 4.65 Å². The van der Waals surface area contributed by atoms with Crippen molar-refractivity contribution in [1.82, 2.24) is 5.32 Å². The lowest BCUT2D eigenvalue weighted by molar-refractivity contribution is 0.141. The molecule has 0 aliphatic heterocycles. The van der Waals surface area contributed by atoms with Crippen molar-refractivity contribution in [2.45, 2.75) is 38.7 Å². The zero-order chi connectivity index (χ0) is 19.3. The van der Waals surface area contributed by atoms with Crippen molar-refractivity contribution in [2.24, 2.45) is 10.9 Å². The maximum Gasteiger partial charge on any atom is 0.375 e. The van der Waals surface area contributed by atoms with Crippen LogP contribution < -0.4 is 5.32 Å². The molecule has 0 fully saturated rings. The lowest BCUT2D eigenvalue weighted by atomic mass is 9.90. The standard InChI is InChI=1S/C22H30BN2O2/c1-18(2)15-24-16-22(26)21(13-19-9-5-3-6-10-19)25-17-27-23-14-20-11-7-4-8-12-20/h3-12,17-18,21-22,24,26H,13-16H2,1-2H3/t21-,22+/m0/s1. The highest BCUT2D eigenvalue weighted by Crippen LogP contribution is 2.09. The van der Waals surface area contributed by atoms with Gasteiger partial charge in [-0.2, -0.15) is 0 Å². The predicted molar refractivity (Wildman–Crippen MR) is 113 cm³/mol. The second-order valence-electron chi connectivity index (χ2n) is 7.12. The second kappa shape index (κ2) is 12.3. The van der Waals surface area contributed by atoms with Gasteiger partial charge in [-0.15, -0.1) is 0 Å². The van der Waals surface area contributed by atoms with Gasteiger partial charge in [0.25, 0.3) is 0 Å². The predicted octanol–water partition coefficient (Wildman–Crippen LogP) is 3.07. The quantitative estimate of drug-likeness (QED) is 0.263. The minimum absolute atomic E-state index is 0.253. The molecule has 0 aromatic heterocycles. The molecule has 1 radical (unpaired) electrons. The van der Waals surface area contributed by atoms with Crippen LogP contribution in [0.15, 0.2) is 65.7 Å². The van der Waals surface area contributed by atoms with Crippen molar-refractivity contribution in [3.05, 3.63) is 71.8 Å². The van der Waals surface area contributed by atoms with Gasteiger partial charge in [-0.1, -0.05) is 80.1 Å². The number of hydrogen-bond donors (Lipinski definition) is 2. The lowest BCUT2D eigenvalue weighted by Gasteiger charge is -2.20. The number of aliphatic hydroxyl groups is 1. The van der Waals surface area contributed by atoms with Crippen LogP contribution in [0.5, 0.6) is 0 Å². The molecule has 0 amide bonds. The van der Waals surface area contributed by atoms with Crippen LogP contribution in [0, 0.1) is 5.92 Å². The number of rotatable bonds is 12. The van der Waals surface area contributed by atoms with Crippen LogP contribution in [0.1, 0.15) is 25.0 Å². The fraction of sp³-hybridized carbons (Fsp3) is 0.409. The summed E-state index contributed by atoms with van der Waals surface area (Å²) in [4.78, 5) is 4.48. The first-order chi connectivity index (χ1) is 13.1. The Kier molecular flexibility index (Phi) is 9.67. The lowest BCUT2D eigenvalue weighted by Crippen LogP contribution is -2.38. The van der Waals surface area contributed by atoms with Crippen LogP contribution >= 0.6 is 0 Å². The second-order valence-corrected chi connectivity index (χ2v) is 7.12. The van der Waals surface area contributed by atoms with E-state index in [0.29, 0.717) is 25.2 Å². The Morgan fingerprint density at radius 1 is 1.00 bits per heavy atom. The van der Waals surface area contributed by atoms with Crippen LogP contribution in [0.4, 0.5) is 0 Å². The summed E-state index contributed by atoms with van der Waals surface area (Å²) in [5.74, 6) is 0.546. The third-order valence-corrected chi connectivity index (χ3v) is 4.21. The minimum Gasteiger partial charge on any atom is -0.555 e. The largest absolute Gasteiger partial charge is 0.555 e. The molecule has 2 aromatic carbocycles. The van der Waals surface area contributed by atoms with Crippen LogP contribution in [0.2, 0.25) is 0 Å². The van der Waals surface area contributed by atoms with E-state index in [0.717, 1.165) is 12.1 Å². The molecule has 0 unspecified atom stereocenters. The number of aliphatic hydroxyl groups excluding tert-OH is 1. The zero-order valence-corrected chi connectivity index (χ0v) is 16.3. The highest BCUT2D eigenvalue weighted by atomic mass is 16.4. The van der Waals surface area contributed by atoms with E-state index in [1.54, 1.807) is 7.48 Å². The third-order valence-electron chi connectivity index (χ3n) is 4.21. The fourth-order valence-corrected chi connectivity index (χ4v) is 2.71. The summed E-state index contributed by atoms with van der Waals surface area (Å²) in [6.07, 6.45) is 2.26. The van der Waals surface area contributed by atoms with E-state index in [2.05, 4.69) is 48.4 Å². The summed E-state index contributed by atoms with van der Waals surface area (Å²) >= 11 is 0. The molecule has 0 aliphatic carbocycles. The Hall–Kier alpha value is -2.11. The Morgan fingerprint density at radius 2 is 1.63 bits per heavy atom. The molecule has 0 spiro atoms. The smallest absolute Gasteiger partial charge is 0.375 e. The molecule has 5 heteroatoms. The maximum absolute atomic E-state index is 10.6. The van der Waals surface area contributed by atoms with Crippen LogP contribution in [0.25, 0.3) is 0 Å². The van der Waals surface area contributed by atoms with E-state index < -0.39 is 6.10 Å². The topological polar surface area (TPSA) is 53.8 Å². The molecule has 0 saturated heterocycles. The van der Waals surface area contributed by atoms with E-state index in [1.165, 1.54) is 12.0 Å². The first-order valence-electron chi connectivity index (χ1n) is 9.60. The molecule has 0 bridgehead atoms. The monoisotopic (exact) mass is 365 g/mol. The van der Waals surface area contributed by atoms with Gasteiger partial charge < -0.3 is 15.1 Å². The number of nitrogens with one attached hydrogen (secondary N) is 1. The maximum atomic E-state index is 10.6. The van der Waals surface area contributed by atoms with Crippen molar-refractivity contribution in [1.29, 1.82) is 0 Å². The average Bonchev–Trinajstić information content (AvgIpc) is 2.68. The van der Waals surface area contributed by atoms with Gasteiger partial charge in [0, 0.05) is 6.54 Å². The van der Waals surface area contributed by atoms with Crippen LogP contribution in [-0.2, 0) is 17.4 Å². The summed E-state index contributed by atoms with van der Waals surface area (Å²) in [5, 5.41) is 13.9. The molecule has 2 N–H and O–H groups in total. The van der Waals surface area contributed by atoms with Crippen molar-refractivity contribution in [3.63, 3.8) is 0 Å². The first kappa shape index (κ1) is 21.2. The Bertz CT molecular complexity index is 650. The van der Waals surface area contributed by atoms with Gasteiger partial charge in [0.2, 0.25) is 0 Å². The van der Waals surface area contributed by atoms with E-state index in [9.17, 15) is 5.11 Å². The Balaban J connectivity index is 1.85. The van der Waals surface area contributed by atoms with E-state index in [-0.39, 0.29) is 6.04 Å². The van der Waals surface area contributed by atoms with Gasteiger partial charge in [0.05, 0.1) is 12.1 Å². The summed E-state index contributed by atoms with van der Waals surface area (Å²) in [5.41, 5.74) is 2.33. The molecular formula is C22H30BN2O2. The fourth-order valence-electron chi connectivity index (χ4n) is 2.71. The normalized spacial score (nSPS) is 13.6. The van der Waals surface area contributed by atoms with Crippen molar-refractivity contribution in [3.8, 4) is 0 Å². The molecule has 0 aliphatic rings. The van der Waals surface area contributed by atoms with Gasteiger partial charge in [-0.25, -0.2) is 0 Å². The minimum atomic E-state index is -0.571. The molecule has 27 heavy (non-hydrogen) atoms. The van der Waals surface area contributed by atoms with Crippen molar-refractivity contribution in [2.75, 3.05) is 13.1 Å². The first-order valence-corrected chi connectivity index (χ1v) is 9.60. The molecular weight excluding hydrogens is 335 g/mol. The summed E-state index contributed by atoms with van der Waals surface area (Å²) in [7, 11) is 1.72. The van der Waals surface area contributed by atoms with Gasteiger partial charge in [-0.05, 0) is 30.8 Å². The van der Waals surface area contributed by atoms with Crippen LogP contribution in [-0.4, -0.2) is 44.2 Å². The third kappa shape index (κ3) is 8.89. The molecule has 4 nitrogen and oxygen atoms in total. The van der Waals surface area contributed by atoms with Gasteiger partial charge in [0.1, 0.15) is 0 Å². The highest BCUT2D eigenvalue weighted by molar-refractivity contribution is 6.29. The Labute approximate surface area is 164 Å². The van der Waals surface area contributed by atoms with Crippen LogP contribution in [0.3, 0.4) is 0 Å². The molecule has 2 atom stereocenters. The molecule has 143 valence electrons. The number of nitrogens with zero attached hydrogens (tertiary/aromatic N) is 1. The highest BCUT2D eigenvalue weighted by Gasteiger charge is 2.18. The van der Waals surface area contributed by atoms with Gasteiger partial charge in [0.15, 0.2) is 6.40 Å². The molecule has 2 rings (SSSR count). The van der Waals surface area contributed by atoms with Gasteiger partial charge in [-0.3, -0.25) is 4.99 Å². The zero-order valence-electron chi connectivity index (χ0n) is 16.3. The van der Waals surface area contributed by atoms with Crippen molar-refractivity contribution >= 4 is 13.9 Å². The van der Waals surface area contributed by atoms with E-state index >= 15 is 0 Å². The SMILES string of the molecule is CC(C)CNC[C@@H](O)[C@H](Cc1ccccc1)N=CO[B]Cc1ccccc1. The average molecular weight is 365 g/mol. The molecule has 0 heterocycles. The summed E-state index contributed by atoms with van der Waals surface area (Å²) in [6.45, 7) is 5.69. The Morgan fingerprint density at radius 3 is 2.26 bits per heavy atom.